The summed E-state index contributed by atoms with van der Waals surface area (Å²) >= 11 is 3.35. The molecule has 0 N–H and O–H groups in total. The quantitative estimate of drug-likeness (QED) is 0.598. The summed E-state index contributed by atoms with van der Waals surface area (Å²) < 4.78 is 6.48. The van der Waals surface area contributed by atoms with Crippen LogP contribution in [0.4, 0.5) is 5.69 Å². The van der Waals surface area contributed by atoms with E-state index in [1.165, 1.54) is 38.2 Å². The average molecular weight is 328 g/mol. The summed E-state index contributed by atoms with van der Waals surface area (Å²) in [6.07, 6.45) is 6.35. The zero-order valence-electron chi connectivity index (χ0n) is 11.0. The molecule has 0 unspecified atom stereocenters. The zero-order chi connectivity index (χ0) is 13.8. The number of benzene rings is 1. The number of rotatable bonds is 4. The van der Waals surface area contributed by atoms with Crippen molar-refractivity contribution in [2.75, 3.05) is 6.61 Å². The molecule has 0 bridgehead atoms. The summed E-state index contributed by atoms with van der Waals surface area (Å²) in [5, 5.41) is 10.8. The highest BCUT2D eigenvalue weighted by atomic mass is 79.9. The highest BCUT2D eigenvalue weighted by Crippen LogP contribution is 2.33. The van der Waals surface area contributed by atoms with Gasteiger partial charge in [-0.1, -0.05) is 19.3 Å². The lowest BCUT2D eigenvalue weighted by molar-refractivity contribution is -0.385. The van der Waals surface area contributed by atoms with Gasteiger partial charge in [-0.2, -0.15) is 0 Å². The van der Waals surface area contributed by atoms with Crippen LogP contribution in [0.3, 0.4) is 0 Å². The molecule has 0 amide bonds. The Bertz CT molecular complexity index is 470. The maximum atomic E-state index is 10.8. The third-order valence-corrected chi connectivity index (χ3v) is 4.27. The number of nitro benzene ring substituents is 1. The average Bonchev–Trinajstić information content (AvgIpc) is 2.40. The highest BCUT2D eigenvalue weighted by molar-refractivity contribution is 9.10. The predicted molar refractivity (Wildman–Crippen MR) is 77.6 cm³/mol. The van der Waals surface area contributed by atoms with Crippen LogP contribution in [0.2, 0.25) is 0 Å². The monoisotopic (exact) mass is 327 g/mol. The standard InChI is InChI=1S/C14H18BrNO3/c1-10-7-14(12(15)8-13(10)16(17)18)19-9-11-5-3-2-4-6-11/h7-8,11H,2-6,9H2,1H3. The molecule has 0 saturated heterocycles. The normalized spacial score (nSPS) is 16.3. The van der Waals surface area contributed by atoms with Gasteiger partial charge in [0.15, 0.2) is 0 Å². The second kappa shape index (κ2) is 6.37. The predicted octanol–water partition coefficient (Wildman–Crippen LogP) is 4.62. The lowest BCUT2D eigenvalue weighted by Crippen LogP contribution is -2.15. The van der Waals surface area contributed by atoms with Gasteiger partial charge in [0.05, 0.1) is 16.0 Å². The summed E-state index contributed by atoms with van der Waals surface area (Å²) in [6.45, 7) is 2.44. The Kier molecular flexibility index (Phi) is 4.80. The van der Waals surface area contributed by atoms with Crippen LogP contribution in [0.15, 0.2) is 16.6 Å². The summed E-state index contributed by atoms with van der Waals surface area (Å²) in [5.41, 5.74) is 0.753. The van der Waals surface area contributed by atoms with Crippen LogP contribution in [0.1, 0.15) is 37.7 Å². The fraction of sp³-hybridized carbons (Fsp3) is 0.571. The van der Waals surface area contributed by atoms with Gasteiger partial charge in [0.25, 0.3) is 5.69 Å². The maximum Gasteiger partial charge on any atom is 0.273 e. The van der Waals surface area contributed by atoms with Crippen LogP contribution >= 0.6 is 15.9 Å². The molecule has 104 valence electrons. The van der Waals surface area contributed by atoms with E-state index in [1.54, 1.807) is 13.0 Å². The van der Waals surface area contributed by atoms with E-state index in [1.807, 2.05) is 0 Å². The first kappa shape index (κ1) is 14.3. The third-order valence-electron chi connectivity index (χ3n) is 3.65. The minimum atomic E-state index is -0.370. The summed E-state index contributed by atoms with van der Waals surface area (Å²) in [4.78, 5) is 10.5. The smallest absolute Gasteiger partial charge is 0.273 e. The molecular weight excluding hydrogens is 310 g/mol. The maximum absolute atomic E-state index is 10.8. The van der Waals surface area contributed by atoms with Crippen LogP contribution in [-0.2, 0) is 0 Å². The second-order valence-electron chi connectivity index (χ2n) is 5.14. The Balaban J connectivity index is 2.04. The molecule has 0 heterocycles. The molecular formula is C14H18BrNO3. The second-order valence-corrected chi connectivity index (χ2v) is 6.00. The lowest BCUT2D eigenvalue weighted by Gasteiger charge is -2.22. The number of halogens is 1. The number of ether oxygens (including phenoxy) is 1. The topological polar surface area (TPSA) is 52.4 Å². The van der Waals surface area contributed by atoms with E-state index in [4.69, 9.17) is 4.74 Å². The van der Waals surface area contributed by atoms with Crippen molar-refractivity contribution < 1.29 is 9.66 Å². The van der Waals surface area contributed by atoms with Crippen molar-refractivity contribution in [1.29, 1.82) is 0 Å². The number of nitrogens with zero attached hydrogens (tertiary/aromatic N) is 1. The van der Waals surface area contributed by atoms with Crippen LogP contribution in [0.5, 0.6) is 5.75 Å². The summed E-state index contributed by atoms with van der Waals surface area (Å²) in [5.74, 6) is 1.32. The van der Waals surface area contributed by atoms with E-state index in [0.717, 1.165) is 0 Å². The van der Waals surface area contributed by atoms with Crippen molar-refractivity contribution in [3.63, 3.8) is 0 Å². The van der Waals surface area contributed by atoms with Gasteiger partial charge in [-0.15, -0.1) is 0 Å². The fourth-order valence-corrected chi connectivity index (χ4v) is 2.96. The Labute approximate surface area is 121 Å². The van der Waals surface area contributed by atoms with Crippen molar-refractivity contribution in [3.8, 4) is 5.75 Å². The largest absolute Gasteiger partial charge is 0.492 e. The number of nitro groups is 1. The molecule has 1 aromatic rings. The Morgan fingerprint density at radius 3 is 2.68 bits per heavy atom. The highest BCUT2D eigenvalue weighted by Gasteiger charge is 2.17. The summed E-state index contributed by atoms with van der Waals surface area (Å²) in [6, 6.07) is 3.26. The van der Waals surface area contributed by atoms with Crippen molar-refractivity contribution in [3.05, 3.63) is 32.3 Å². The molecule has 0 atom stereocenters. The van der Waals surface area contributed by atoms with Crippen molar-refractivity contribution in [2.24, 2.45) is 5.92 Å². The van der Waals surface area contributed by atoms with Gasteiger partial charge in [-0.25, -0.2) is 0 Å². The SMILES string of the molecule is Cc1cc(OCC2CCCCC2)c(Br)cc1[N+](=O)[O-]. The van der Waals surface area contributed by atoms with E-state index in [-0.39, 0.29) is 10.6 Å². The molecule has 2 rings (SSSR count). The molecule has 1 aliphatic carbocycles. The van der Waals surface area contributed by atoms with Crippen LogP contribution in [0, 0.1) is 23.0 Å². The van der Waals surface area contributed by atoms with E-state index >= 15 is 0 Å². The number of aryl methyl sites for hydroxylation is 1. The van der Waals surface area contributed by atoms with Gasteiger partial charge in [-0.3, -0.25) is 10.1 Å². The molecule has 0 radical (unpaired) electrons. The first-order valence-corrected chi connectivity index (χ1v) is 7.44. The van der Waals surface area contributed by atoms with Crippen molar-refractivity contribution in [2.45, 2.75) is 39.0 Å². The molecule has 1 saturated carbocycles. The van der Waals surface area contributed by atoms with Gasteiger partial charge < -0.3 is 4.74 Å². The van der Waals surface area contributed by atoms with Gasteiger partial charge in [-0.05, 0) is 47.7 Å². The van der Waals surface area contributed by atoms with E-state index in [0.29, 0.717) is 28.3 Å². The molecule has 1 fully saturated rings. The van der Waals surface area contributed by atoms with E-state index in [2.05, 4.69) is 15.9 Å². The Morgan fingerprint density at radius 1 is 1.37 bits per heavy atom. The Hall–Kier alpha value is -1.10. The van der Waals surface area contributed by atoms with Crippen molar-refractivity contribution >= 4 is 21.6 Å². The molecule has 4 nitrogen and oxygen atoms in total. The molecule has 0 spiro atoms. The fourth-order valence-electron chi connectivity index (χ4n) is 2.51. The van der Waals surface area contributed by atoms with Crippen LogP contribution < -0.4 is 4.74 Å². The minimum absolute atomic E-state index is 0.122. The molecule has 0 aliphatic heterocycles. The first-order chi connectivity index (χ1) is 9.08. The molecule has 1 aromatic carbocycles. The molecule has 0 aromatic heterocycles. The molecule has 5 heteroatoms. The molecule has 1 aliphatic rings. The molecule has 19 heavy (non-hydrogen) atoms. The van der Waals surface area contributed by atoms with Crippen molar-refractivity contribution in [1.82, 2.24) is 0 Å². The summed E-state index contributed by atoms with van der Waals surface area (Å²) in [7, 11) is 0. The van der Waals surface area contributed by atoms with E-state index in [9.17, 15) is 10.1 Å². The Morgan fingerprint density at radius 2 is 2.05 bits per heavy atom. The van der Waals surface area contributed by atoms with Gasteiger partial charge in [0.1, 0.15) is 5.75 Å². The van der Waals surface area contributed by atoms with Gasteiger partial charge in [0, 0.05) is 11.6 Å². The minimum Gasteiger partial charge on any atom is -0.492 e. The zero-order valence-corrected chi connectivity index (χ0v) is 12.6. The number of hydrogen-bond acceptors (Lipinski definition) is 3. The van der Waals surface area contributed by atoms with Crippen LogP contribution in [0.25, 0.3) is 0 Å². The van der Waals surface area contributed by atoms with Crippen LogP contribution in [-0.4, -0.2) is 11.5 Å². The lowest BCUT2D eigenvalue weighted by atomic mass is 9.90. The van der Waals surface area contributed by atoms with Gasteiger partial charge in [0.2, 0.25) is 0 Å². The number of hydrogen-bond donors (Lipinski definition) is 0. The first-order valence-electron chi connectivity index (χ1n) is 6.65. The third kappa shape index (κ3) is 3.69. The van der Waals surface area contributed by atoms with E-state index < -0.39 is 0 Å². The van der Waals surface area contributed by atoms with Gasteiger partial charge >= 0.3 is 0 Å².